The van der Waals surface area contributed by atoms with Gasteiger partial charge in [0.25, 0.3) is 0 Å². The number of likely N-dealkylation sites (tertiary alicyclic amines) is 1. The summed E-state index contributed by atoms with van der Waals surface area (Å²) in [5.41, 5.74) is 7.09. The summed E-state index contributed by atoms with van der Waals surface area (Å²) in [5.74, 6) is 0.439. The number of halogens is 1. The smallest absolute Gasteiger partial charge is 0.128 e. The summed E-state index contributed by atoms with van der Waals surface area (Å²) in [6.45, 7) is 3.87. The van der Waals surface area contributed by atoms with E-state index in [4.69, 9.17) is 10.5 Å². The molecule has 0 aliphatic carbocycles. The van der Waals surface area contributed by atoms with E-state index in [-0.39, 0.29) is 5.82 Å². The first-order valence-electron chi connectivity index (χ1n) is 6.41. The molecule has 1 aromatic carbocycles. The van der Waals surface area contributed by atoms with E-state index in [2.05, 4.69) is 4.90 Å². The molecule has 3 nitrogen and oxygen atoms in total. The Bertz CT molecular complexity index is 397. The fourth-order valence-electron chi connectivity index (χ4n) is 2.52. The molecule has 1 heterocycles. The third-order valence-corrected chi connectivity index (χ3v) is 3.52. The van der Waals surface area contributed by atoms with Crippen LogP contribution in [0.4, 0.5) is 4.39 Å². The SMILES string of the molecule is COCC1CCN(Cc2ccc(CN)cc2F)C1. The monoisotopic (exact) mass is 252 g/mol. The first-order valence-corrected chi connectivity index (χ1v) is 6.41. The van der Waals surface area contributed by atoms with Crippen LogP contribution in [0.15, 0.2) is 18.2 Å². The molecular formula is C14H21FN2O. The first-order chi connectivity index (χ1) is 8.72. The van der Waals surface area contributed by atoms with Gasteiger partial charge in [-0.2, -0.15) is 0 Å². The second kappa shape index (κ2) is 6.27. The summed E-state index contributed by atoms with van der Waals surface area (Å²) in [5, 5.41) is 0. The quantitative estimate of drug-likeness (QED) is 0.867. The van der Waals surface area contributed by atoms with Crippen molar-refractivity contribution in [3.63, 3.8) is 0 Å². The number of ether oxygens (including phenoxy) is 1. The summed E-state index contributed by atoms with van der Waals surface area (Å²) in [6, 6.07) is 5.29. The highest BCUT2D eigenvalue weighted by Gasteiger charge is 2.22. The third kappa shape index (κ3) is 3.28. The fourth-order valence-corrected chi connectivity index (χ4v) is 2.52. The van der Waals surface area contributed by atoms with Crippen molar-refractivity contribution in [2.24, 2.45) is 11.7 Å². The Morgan fingerprint density at radius 3 is 3.00 bits per heavy atom. The van der Waals surface area contributed by atoms with Crippen LogP contribution in [0.3, 0.4) is 0 Å². The summed E-state index contributed by atoms with van der Waals surface area (Å²) in [7, 11) is 1.73. The Balaban J connectivity index is 1.94. The molecule has 0 aromatic heterocycles. The van der Waals surface area contributed by atoms with Crippen molar-refractivity contribution in [2.75, 3.05) is 26.8 Å². The van der Waals surface area contributed by atoms with E-state index < -0.39 is 0 Å². The lowest BCUT2D eigenvalue weighted by molar-refractivity contribution is 0.152. The first kappa shape index (κ1) is 13.5. The van der Waals surface area contributed by atoms with E-state index >= 15 is 0 Å². The van der Waals surface area contributed by atoms with Crippen LogP contribution in [0.25, 0.3) is 0 Å². The van der Waals surface area contributed by atoms with E-state index in [0.717, 1.165) is 37.2 Å². The highest BCUT2D eigenvalue weighted by Crippen LogP contribution is 2.20. The van der Waals surface area contributed by atoms with E-state index in [1.807, 2.05) is 12.1 Å². The van der Waals surface area contributed by atoms with E-state index in [0.29, 0.717) is 19.0 Å². The van der Waals surface area contributed by atoms with Crippen molar-refractivity contribution in [3.05, 3.63) is 35.1 Å². The standard InChI is InChI=1S/C14H21FN2O/c1-18-10-12-4-5-17(8-12)9-13-3-2-11(7-16)6-14(13)15/h2-3,6,12H,4-5,7-10,16H2,1H3. The van der Waals surface area contributed by atoms with Gasteiger partial charge in [-0.05, 0) is 30.5 Å². The molecule has 0 amide bonds. The molecule has 1 aromatic rings. The van der Waals surface area contributed by atoms with Crippen molar-refractivity contribution < 1.29 is 9.13 Å². The van der Waals surface area contributed by atoms with Gasteiger partial charge in [-0.25, -0.2) is 4.39 Å². The summed E-state index contributed by atoms with van der Waals surface area (Å²) >= 11 is 0. The van der Waals surface area contributed by atoms with E-state index in [9.17, 15) is 4.39 Å². The van der Waals surface area contributed by atoms with Crippen molar-refractivity contribution in [3.8, 4) is 0 Å². The number of nitrogens with zero attached hydrogens (tertiary/aromatic N) is 1. The molecule has 1 unspecified atom stereocenters. The maximum atomic E-state index is 13.8. The van der Waals surface area contributed by atoms with Crippen LogP contribution in [0.1, 0.15) is 17.5 Å². The minimum atomic E-state index is -0.145. The van der Waals surface area contributed by atoms with Crippen LogP contribution < -0.4 is 5.73 Å². The lowest BCUT2D eigenvalue weighted by Crippen LogP contribution is -2.22. The van der Waals surface area contributed by atoms with Gasteiger partial charge in [-0.1, -0.05) is 12.1 Å². The summed E-state index contributed by atoms with van der Waals surface area (Å²) < 4.78 is 19.0. The molecule has 1 saturated heterocycles. The molecule has 100 valence electrons. The highest BCUT2D eigenvalue weighted by molar-refractivity contribution is 5.24. The topological polar surface area (TPSA) is 38.5 Å². The van der Waals surface area contributed by atoms with Gasteiger partial charge in [0.05, 0.1) is 6.61 Å². The Morgan fingerprint density at radius 1 is 1.50 bits per heavy atom. The van der Waals surface area contributed by atoms with Crippen molar-refractivity contribution in [2.45, 2.75) is 19.5 Å². The molecule has 2 rings (SSSR count). The van der Waals surface area contributed by atoms with E-state index in [1.165, 1.54) is 6.07 Å². The van der Waals surface area contributed by atoms with Crippen molar-refractivity contribution in [1.82, 2.24) is 4.90 Å². The number of rotatable bonds is 5. The zero-order valence-corrected chi connectivity index (χ0v) is 10.9. The van der Waals surface area contributed by atoms with Crippen LogP contribution >= 0.6 is 0 Å². The molecule has 18 heavy (non-hydrogen) atoms. The highest BCUT2D eigenvalue weighted by atomic mass is 19.1. The minimum absolute atomic E-state index is 0.145. The van der Waals surface area contributed by atoms with Gasteiger partial charge in [0.2, 0.25) is 0 Å². The predicted octanol–water partition coefficient (Wildman–Crippen LogP) is 1.75. The second-order valence-electron chi connectivity index (χ2n) is 4.98. The molecule has 1 fully saturated rings. The number of nitrogens with two attached hydrogens (primary N) is 1. The number of hydrogen-bond acceptors (Lipinski definition) is 3. The normalized spacial score (nSPS) is 20.5. The van der Waals surface area contributed by atoms with Gasteiger partial charge >= 0.3 is 0 Å². The molecule has 1 atom stereocenters. The minimum Gasteiger partial charge on any atom is -0.384 e. The number of methoxy groups -OCH3 is 1. The average Bonchev–Trinajstić information content (AvgIpc) is 2.80. The van der Waals surface area contributed by atoms with Crippen LogP contribution in [0, 0.1) is 11.7 Å². The summed E-state index contributed by atoms with van der Waals surface area (Å²) in [6.07, 6.45) is 1.14. The molecular weight excluding hydrogens is 231 g/mol. The van der Waals surface area contributed by atoms with Crippen LogP contribution in [0.2, 0.25) is 0 Å². The lowest BCUT2D eigenvalue weighted by atomic mass is 10.1. The molecule has 1 aliphatic rings. The maximum absolute atomic E-state index is 13.8. The molecule has 1 aliphatic heterocycles. The number of hydrogen-bond donors (Lipinski definition) is 1. The Morgan fingerprint density at radius 2 is 2.33 bits per heavy atom. The van der Waals surface area contributed by atoms with Gasteiger partial charge < -0.3 is 10.5 Å². The molecule has 4 heteroatoms. The van der Waals surface area contributed by atoms with Crippen LogP contribution in [0.5, 0.6) is 0 Å². The van der Waals surface area contributed by atoms with Gasteiger partial charge in [0, 0.05) is 32.3 Å². The van der Waals surface area contributed by atoms with Gasteiger partial charge in [-0.15, -0.1) is 0 Å². The Labute approximate surface area is 108 Å². The largest absolute Gasteiger partial charge is 0.384 e. The van der Waals surface area contributed by atoms with E-state index in [1.54, 1.807) is 7.11 Å². The molecule has 0 spiro atoms. The van der Waals surface area contributed by atoms with Crippen LogP contribution in [-0.2, 0) is 17.8 Å². The average molecular weight is 252 g/mol. The third-order valence-electron chi connectivity index (χ3n) is 3.52. The lowest BCUT2D eigenvalue weighted by Gasteiger charge is -2.16. The fraction of sp³-hybridized carbons (Fsp3) is 0.571. The molecule has 0 radical (unpaired) electrons. The molecule has 2 N–H and O–H groups in total. The molecule has 0 saturated carbocycles. The maximum Gasteiger partial charge on any atom is 0.128 e. The number of benzene rings is 1. The van der Waals surface area contributed by atoms with Gasteiger partial charge in [0.15, 0.2) is 0 Å². The predicted molar refractivity (Wildman–Crippen MR) is 69.6 cm³/mol. The Kier molecular flexibility index (Phi) is 4.69. The van der Waals surface area contributed by atoms with Crippen LogP contribution in [-0.4, -0.2) is 31.7 Å². The Hall–Kier alpha value is -0.970. The summed E-state index contributed by atoms with van der Waals surface area (Å²) in [4.78, 5) is 2.28. The second-order valence-corrected chi connectivity index (χ2v) is 4.98. The van der Waals surface area contributed by atoms with Crippen molar-refractivity contribution >= 4 is 0 Å². The van der Waals surface area contributed by atoms with Gasteiger partial charge in [0.1, 0.15) is 5.82 Å². The zero-order chi connectivity index (χ0) is 13.0. The van der Waals surface area contributed by atoms with Crippen molar-refractivity contribution in [1.29, 1.82) is 0 Å². The van der Waals surface area contributed by atoms with Gasteiger partial charge in [-0.3, -0.25) is 4.90 Å². The zero-order valence-electron chi connectivity index (χ0n) is 10.9. The molecule has 0 bridgehead atoms.